The highest BCUT2D eigenvalue weighted by Crippen LogP contribution is 2.30. The Kier molecular flexibility index (Phi) is 1.45. The Morgan fingerprint density at radius 2 is 2.00 bits per heavy atom. The van der Waals surface area contributed by atoms with Gasteiger partial charge in [0.15, 0.2) is 0 Å². The van der Waals surface area contributed by atoms with Gasteiger partial charge in [-0.05, 0) is 18.2 Å². The Morgan fingerprint density at radius 3 is 2.94 bits per heavy atom. The maximum absolute atomic E-state index is 5.81. The number of H-pyrrole nitrogens is 1. The fourth-order valence-corrected chi connectivity index (χ4v) is 2.54. The molecule has 3 heteroatoms. The molecule has 4 aromatic rings. The molecule has 3 heterocycles. The van der Waals surface area contributed by atoms with Crippen molar-refractivity contribution in [3.05, 3.63) is 48.8 Å². The third kappa shape index (κ3) is 1.05. The molecule has 82 valence electrons. The van der Waals surface area contributed by atoms with E-state index in [4.69, 9.17) is 5.73 Å². The second kappa shape index (κ2) is 2.83. The third-order valence-corrected chi connectivity index (χ3v) is 3.29. The molecule has 4 rings (SSSR count). The Labute approximate surface area is 97.5 Å². The molecule has 3 N–H and O–H groups in total. The van der Waals surface area contributed by atoms with Crippen LogP contribution < -0.4 is 5.73 Å². The van der Waals surface area contributed by atoms with Crippen molar-refractivity contribution in [2.24, 2.45) is 0 Å². The number of nitrogens with two attached hydrogens (primary N) is 1. The van der Waals surface area contributed by atoms with Crippen molar-refractivity contribution in [2.45, 2.75) is 0 Å². The molecule has 0 spiro atoms. The van der Waals surface area contributed by atoms with E-state index in [9.17, 15) is 0 Å². The molecule has 0 unspecified atom stereocenters. The van der Waals surface area contributed by atoms with Crippen LogP contribution in [0, 0.1) is 0 Å². The molecule has 0 atom stereocenters. The topological polar surface area (TPSA) is 46.2 Å². The van der Waals surface area contributed by atoms with Crippen molar-refractivity contribution in [3.63, 3.8) is 0 Å². The maximum Gasteiger partial charge on any atom is 0.101 e. The van der Waals surface area contributed by atoms with E-state index in [-0.39, 0.29) is 0 Å². The SMILES string of the molecule is Nc1cc2ccc3c(cn4ccccc34)c2[nH]1. The minimum Gasteiger partial charge on any atom is -0.385 e. The summed E-state index contributed by atoms with van der Waals surface area (Å²) in [6.07, 6.45) is 4.20. The van der Waals surface area contributed by atoms with Gasteiger partial charge >= 0.3 is 0 Å². The van der Waals surface area contributed by atoms with Crippen LogP contribution in [0.4, 0.5) is 5.82 Å². The first-order chi connectivity index (χ1) is 8.33. The highest BCUT2D eigenvalue weighted by molar-refractivity contribution is 6.12. The smallest absolute Gasteiger partial charge is 0.101 e. The molecule has 3 aromatic heterocycles. The van der Waals surface area contributed by atoms with Gasteiger partial charge in [-0.15, -0.1) is 0 Å². The molecule has 1 aromatic carbocycles. The first-order valence-electron chi connectivity index (χ1n) is 5.59. The van der Waals surface area contributed by atoms with Crippen molar-refractivity contribution in [3.8, 4) is 0 Å². The molecule has 0 amide bonds. The fourth-order valence-electron chi connectivity index (χ4n) is 2.54. The summed E-state index contributed by atoms with van der Waals surface area (Å²) in [5.74, 6) is 0.711. The van der Waals surface area contributed by atoms with Gasteiger partial charge < -0.3 is 15.1 Å². The van der Waals surface area contributed by atoms with Crippen LogP contribution in [-0.2, 0) is 0 Å². The first kappa shape index (κ1) is 8.70. The van der Waals surface area contributed by atoms with Gasteiger partial charge in [0.25, 0.3) is 0 Å². The van der Waals surface area contributed by atoms with E-state index in [1.807, 2.05) is 12.1 Å². The molecule has 3 nitrogen and oxygen atoms in total. The lowest BCUT2D eigenvalue weighted by atomic mass is 10.1. The molecule has 0 fully saturated rings. The molecular weight excluding hydrogens is 210 g/mol. The largest absolute Gasteiger partial charge is 0.385 e. The summed E-state index contributed by atoms with van der Waals surface area (Å²) < 4.78 is 2.14. The Morgan fingerprint density at radius 1 is 1.06 bits per heavy atom. The van der Waals surface area contributed by atoms with E-state index in [1.54, 1.807) is 0 Å². The predicted octanol–water partition coefficient (Wildman–Crippen LogP) is 3.16. The van der Waals surface area contributed by atoms with Crippen LogP contribution in [0.1, 0.15) is 0 Å². The average molecular weight is 221 g/mol. The second-order valence-electron chi connectivity index (χ2n) is 4.34. The van der Waals surface area contributed by atoms with Gasteiger partial charge in [-0.25, -0.2) is 0 Å². The molecule has 17 heavy (non-hydrogen) atoms. The van der Waals surface area contributed by atoms with Crippen LogP contribution in [0.2, 0.25) is 0 Å². The monoisotopic (exact) mass is 221 g/mol. The highest BCUT2D eigenvalue weighted by Gasteiger charge is 2.07. The highest BCUT2D eigenvalue weighted by atomic mass is 14.9. The number of aromatic nitrogens is 2. The van der Waals surface area contributed by atoms with Gasteiger partial charge in [-0.3, -0.25) is 0 Å². The Bertz CT molecular complexity index is 852. The molecule has 0 aliphatic heterocycles. The lowest BCUT2D eigenvalue weighted by Gasteiger charge is -1.93. The molecule has 0 bridgehead atoms. The lowest BCUT2D eigenvalue weighted by Crippen LogP contribution is -1.80. The molecule has 0 saturated carbocycles. The summed E-state index contributed by atoms with van der Waals surface area (Å²) in [7, 11) is 0. The van der Waals surface area contributed by atoms with Gasteiger partial charge in [0, 0.05) is 28.6 Å². The van der Waals surface area contributed by atoms with Crippen LogP contribution >= 0.6 is 0 Å². The van der Waals surface area contributed by atoms with Crippen molar-refractivity contribution in [2.75, 3.05) is 5.73 Å². The molecule has 0 radical (unpaired) electrons. The number of rotatable bonds is 0. The Balaban J connectivity index is 2.33. The minimum atomic E-state index is 0.711. The zero-order valence-corrected chi connectivity index (χ0v) is 9.14. The van der Waals surface area contributed by atoms with Crippen molar-refractivity contribution < 1.29 is 0 Å². The first-order valence-corrected chi connectivity index (χ1v) is 5.59. The van der Waals surface area contributed by atoms with E-state index in [1.165, 1.54) is 16.3 Å². The summed E-state index contributed by atoms with van der Waals surface area (Å²) in [6.45, 7) is 0. The predicted molar refractivity (Wildman–Crippen MR) is 71.2 cm³/mol. The number of pyridine rings is 1. The number of anilines is 1. The number of nitrogens with zero attached hydrogens (tertiary/aromatic N) is 1. The van der Waals surface area contributed by atoms with Crippen LogP contribution in [0.25, 0.3) is 27.2 Å². The second-order valence-corrected chi connectivity index (χ2v) is 4.34. The van der Waals surface area contributed by atoms with Crippen LogP contribution in [0.15, 0.2) is 48.8 Å². The molecule has 0 aliphatic carbocycles. The number of benzene rings is 1. The third-order valence-electron chi connectivity index (χ3n) is 3.29. The van der Waals surface area contributed by atoms with Crippen LogP contribution in [0.5, 0.6) is 0 Å². The molecular formula is C14H11N3. The fraction of sp³-hybridized carbons (Fsp3) is 0. The normalized spacial score (nSPS) is 11.8. The summed E-state index contributed by atoms with van der Waals surface area (Å²) >= 11 is 0. The number of hydrogen-bond donors (Lipinski definition) is 2. The van der Waals surface area contributed by atoms with Crippen molar-refractivity contribution >= 4 is 33.0 Å². The summed E-state index contributed by atoms with van der Waals surface area (Å²) in [4.78, 5) is 3.23. The van der Waals surface area contributed by atoms with E-state index in [0.29, 0.717) is 5.82 Å². The average Bonchev–Trinajstić information content (AvgIpc) is 2.87. The number of hydrogen-bond acceptors (Lipinski definition) is 1. The van der Waals surface area contributed by atoms with Crippen molar-refractivity contribution in [1.29, 1.82) is 0 Å². The molecule has 0 saturated heterocycles. The molecule has 0 aliphatic rings. The maximum atomic E-state index is 5.81. The number of aromatic amines is 1. The van der Waals surface area contributed by atoms with Gasteiger partial charge in [0.2, 0.25) is 0 Å². The van der Waals surface area contributed by atoms with Crippen molar-refractivity contribution in [1.82, 2.24) is 9.38 Å². The number of nitrogens with one attached hydrogen (secondary N) is 1. The minimum absolute atomic E-state index is 0.711. The van der Waals surface area contributed by atoms with E-state index in [0.717, 1.165) is 10.9 Å². The summed E-state index contributed by atoms with van der Waals surface area (Å²) in [5, 5.41) is 3.62. The van der Waals surface area contributed by atoms with E-state index < -0.39 is 0 Å². The van der Waals surface area contributed by atoms with E-state index in [2.05, 4.69) is 46.0 Å². The van der Waals surface area contributed by atoms with Gasteiger partial charge in [-0.2, -0.15) is 0 Å². The van der Waals surface area contributed by atoms with Gasteiger partial charge in [0.05, 0.1) is 11.0 Å². The van der Waals surface area contributed by atoms with Crippen LogP contribution in [0.3, 0.4) is 0 Å². The number of nitrogen functional groups attached to an aromatic ring is 1. The summed E-state index contributed by atoms with van der Waals surface area (Å²) in [5.41, 5.74) is 8.15. The Hall–Kier alpha value is -2.42. The van der Waals surface area contributed by atoms with Crippen LogP contribution in [-0.4, -0.2) is 9.38 Å². The van der Waals surface area contributed by atoms with Gasteiger partial charge in [-0.1, -0.05) is 18.2 Å². The zero-order valence-electron chi connectivity index (χ0n) is 9.14. The van der Waals surface area contributed by atoms with Gasteiger partial charge in [0.1, 0.15) is 5.82 Å². The zero-order chi connectivity index (χ0) is 11.4. The lowest BCUT2D eigenvalue weighted by molar-refractivity contribution is 1.21. The van der Waals surface area contributed by atoms with E-state index >= 15 is 0 Å². The number of fused-ring (bicyclic) bond motifs is 5. The standard InChI is InChI=1S/C14H11N3/c15-13-7-9-4-5-10-11(14(9)16-13)8-17-6-2-1-3-12(10)17/h1-8,16H,15H2. The summed E-state index contributed by atoms with van der Waals surface area (Å²) in [6, 6.07) is 12.4. The quantitative estimate of drug-likeness (QED) is 0.470.